The molecule has 0 radical (unpaired) electrons. The Morgan fingerprint density at radius 1 is 1.39 bits per heavy atom. The Morgan fingerprint density at radius 2 is 2.17 bits per heavy atom. The highest BCUT2D eigenvalue weighted by Crippen LogP contribution is 2.33. The summed E-state index contributed by atoms with van der Waals surface area (Å²) in [7, 11) is 1.49. The summed E-state index contributed by atoms with van der Waals surface area (Å²) in [6, 6.07) is 13.2. The number of aromatic nitrogens is 2. The third-order valence-corrected chi connectivity index (χ3v) is 4.17. The first-order valence-corrected chi connectivity index (χ1v) is 7.83. The first-order valence-electron chi connectivity index (χ1n) is 6.76. The lowest BCUT2D eigenvalue weighted by molar-refractivity contribution is 0.371. The molecule has 0 saturated heterocycles. The lowest BCUT2D eigenvalue weighted by atomic mass is 10.1. The van der Waals surface area contributed by atoms with Crippen LogP contribution in [0.1, 0.15) is 11.4 Å². The van der Waals surface area contributed by atoms with Gasteiger partial charge in [-0.2, -0.15) is 5.26 Å². The zero-order valence-corrected chi connectivity index (χ0v) is 14.3. The number of para-hydroxylation sites is 2. The van der Waals surface area contributed by atoms with E-state index in [0.717, 1.165) is 16.6 Å². The number of ether oxygens (including phenoxy) is 1. The van der Waals surface area contributed by atoms with Crippen molar-refractivity contribution in [1.82, 2.24) is 9.97 Å². The molecule has 0 unspecified atom stereocenters. The molecular weight excluding hydrogens is 405 g/mol. The fraction of sp³-hybridized carbons (Fsp3) is 0.0588. The van der Waals surface area contributed by atoms with Crippen molar-refractivity contribution in [3.8, 4) is 17.6 Å². The van der Waals surface area contributed by atoms with E-state index in [-0.39, 0.29) is 5.75 Å². The van der Waals surface area contributed by atoms with Crippen LogP contribution in [0.2, 0.25) is 0 Å². The Morgan fingerprint density at radius 3 is 2.87 bits per heavy atom. The molecule has 0 saturated carbocycles. The molecule has 3 aromatic rings. The molecule has 0 spiro atoms. The number of benzene rings is 2. The van der Waals surface area contributed by atoms with Crippen LogP contribution in [0.5, 0.6) is 11.5 Å². The monoisotopic (exact) mass is 417 g/mol. The molecule has 114 valence electrons. The van der Waals surface area contributed by atoms with Crippen LogP contribution >= 0.6 is 22.6 Å². The Kier molecular flexibility index (Phi) is 4.21. The number of imidazole rings is 1. The molecule has 0 aliphatic rings. The average Bonchev–Trinajstić information content (AvgIpc) is 2.99. The Hall–Kier alpha value is -2.53. The number of nitrogens with one attached hydrogen (secondary N) is 1. The van der Waals surface area contributed by atoms with Crippen molar-refractivity contribution < 1.29 is 9.84 Å². The van der Waals surface area contributed by atoms with Crippen molar-refractivity contribution in [3.63, 3.8) is 0 Å². The Bertz CT molecular complexity index is 921. The number of methoxy groups -OCH3 is 1. The summed E-state index contributed by atoms with van der Waals surface area (Å²) in [6.07, 6.45) is 1.71. The number of phenols is 1. The Labute approximate surface area is 146 Å². The van der Waals surface area contributed by atoms with E-state index in [4.69, 9.17) is 4.74 Å². The average molecular weight is 417 g/mol. The van der Waals surface area contributed by atoms with Crippen LogP contribution in [0.3, 0.4) is 0 Å². The molecule has 1 heterocycles. The van der Waals surface area contributed by atoms with E-state index >= 15 is 0 Å². The number of hydrogen-bond acceptors (Lipinski definition) is 4. The van der Waals surface area contributed by atoms with Gasteiger partial charge in [0, 0.05) is 0 Å². The number of H-pyrrole nitrogens is 1. The van der Waals surface area contributed by atoms with Gasteiger partial charge in [0.05, 0.1) is 27.3 Å². The number of aromatic hydroxyl groups is 1. The number of phenolic OH excluding ortho intramolecular Hbond substituents is 1. The number of nitriles is 1. The van der Waals surface area contributed by atoms with E-state index in [2.05, 4.69) is 16.0 Å². The summed E-state index contributed by atoms with van der Waals surface area (Å²) in [5.74, 6) is 0.966. The standard InChI is InChI=1S/C17H12IN3O2/c1-23-15-8-10(7-12(18)16(15)22)6-11(9-19)17-20-13-4-2-3-5-14(13)21-17/h2-8,22H,1H3,(H,20,21). The zero-order valence-electron chi connectivity index (χ0n) is 12.2. The minimum absolute atomic E-state index is 0.0903. The molecule has 0 aliphatic carbocycles. The number of allylic oxidation sites excluding steroid dienone is 1. The molecule has 0 amide bonds. The van der Waals surface area contributed by atoms with Crippen molar-refractivity contribution in [2.24, 2.45) is 0 Å². The van der Waals surface area contributed by atoms with Gasteiger partial charge in [-0.15, -0.1) is 0 Å². The van der Waals surface area contributed by atoms with Gasteiger partial charge in [0.15, 0.2) is 11.5 Å². The second-order valence-corrected chi connectivity index (χ2v) is 5.99. The number of hydrogen-bond donors (Lipinski definition) is 2. The number of aromatic amines is 1. The van der Waals surface area contributed by atoms with Gasteiger partial charge in [0.1, 0.15) is 11.9 Å². The smallest absolute Gasteiger partial charge is 0.171 e. The van der Waals surface area contributed by atoms with Crippen molar-refractivity contribution in [2.75, 3.05) is 7.11 Å². The molecule has 2 N–H and O–H groups in total. The molecule has 5 nitrogen and oxygen atoms in total. The minimum atomic E-state index is 0.0903. The van der Waals surface area contributed by atoms with Crippen LogP contribution in [0.15, 0.2) is 36.4 Å². The van der Waals surface area contributed by atoms with Crippen molar-refractivity contribution in [3.05, 3.63) is 51.4 Å². The van der Waals surface area contributed by atoms with E-state index in [1.54, 1.807) is 18.2 Å². The molecule has 1 aromatic heterocycles. The summed E-state index contributed by atoms with van der Waals surface area (Å²) in [5.41, 5.74) is 2.84. The summed E-state index contributed by atoms with van der Waals surface area (Å²) < 4.78 is 5.79. The van der Waals surface area contributed by atoms with Gasteiger partial charge in [0.2, 0.25) is 0 Å². The number of rotatable bonds is 3. The minimum Gasteiger partial charge on any atom is -0.504 e. The lowest BCUT2D eigenvalue weighted by Gasteiger charge is -2.06. The molecule has 3 rings (SSSR count). The summed E-state index contributed by atoms with van der Waals surface area (Å²) in [4.78, 5) is 7.57. The summed E-state index contributed by atoms with van der Waals surface area (Å²) >= 11 is 2.02. The van der Waals surface area contributed by atoms with Gasteiger partial charge in [-0.25, -0.2) is 4.98 Å². The van der Waals surface area contributed by atoms with Gasteiger partial charge in [-0.05, 0) is 58.5 Å². The first-order chi connectivity index (χ1) is 11.1. The molecule has 0 fully saturated rings. The largest absolute Gasteiger partial charge is 0.504 e. The van der Waals surface area contributed by atoms with Crippen LogP contribution in [0.25, 0.3) is 22.7 Å². The maximum Gasteiger partial charge on any atom is 0.171 e. The third-order valence-electron chi connectivity index (χ3n) is 3.35. The fourth-order valence-electron chi connectivity index (χ4n) is 2.23. The topological polar surface area (TPSA) is 81.9 Å². The number of nitrogens with zero attached hydrogens (tertiary/aromatic N) is 2. The first kappa shape index (κ1) is 15.4. The summed E-state index contributed by atoms with van der Waals surface area (Å²) in [6.45, 7) is 0. The maximum atomic E-state index is 9.89. The van der Waals surface area contributed by atoms with Gasteiger partial charge in [0.25, 0.3) is 0 Å². The van der Waals surface area contributed by atoms with Crippen LogP contribution in [-0.4, -0.2) is 22.2 Å². The third kappa shape index (κ3) is 3.00. The molecule has 23 heavy (non-hydrogen) atoms. The van der Waals surface area contributed by atoms with Crippen LogP contribution in [0.4, 0.5) is 0 Å². The normalized spacial score (nSPS) is 11.4. The van der Waals surface area contributed by atoms with Gasteiger partial charge >= 0.3 is 0 Å². The molecule has 0 atom stereocenters. The molecular formula is C17H12IN3O2. The fourth-order valence-corrected chi connectivity index (χ4v) is 2.86. The van der Waals surface area contributed by atoms with E-state index in [1.165, 1.54) is 7.11 Å². The molecule has 0 bridgehead atoms. The molecule has 0 aliphatic heterocycles. The number of fused-ring (bicyclic) bond motifs is 1. The van der Waals surface area contributed by atoms with E-state index in [0.29, 0.717) is 20.7 Å². The van der Waals surface area contributed by atoms with Gasteiger partial charge < -0.3 is 14.8 Å². The van der Waals surface area contributed by atoms with Gasteiger partial charge in [-0.3, -0.25) is 0 Å². The summed E-state index contributed by atoms with van der Waals surface area (Å²) in [5, 5.41) is 19.3. The highest BCUT2D eigenvalue weighted by molar-refractivity contribution is 14.1. The van der Waals surface area contributed by atoms with E-state index < -0.39 is 0 Å². The van der Waals surface area contributed by atoms with Crippen LogP contribution in [0, 0.1) is 14.9 Å². The highest BCUT2D eigenvalue weighted by Gasteiger charge is 2.11. The van der Waals surface area contributed by atoms with E-state index in [9.17, 15) is 10.4 Å². The molecule has 6 heteroatoms. The second-order valence-electron chi connectivity index (χ2n) is 4.83. The highest BCUT2D eigenvalue weighted by atomic mass is 127. The van der Waals surface area contributed by atoms with E-state index in [1.807, 2.05) is 46.9 Å². The second kappa shape index (κ2) is 6.30. The van der Waals surface area contributed by atoms with Crippen molar-refractivity contribution in [1.29, 1.82) is 5.26 Å². The molecule has 2 aromatic carbocycles. The van der Waals surface area contributed by atoms with Crippen molar-refractivity contribution in [2.45, 2.75) is 0 Å². The predicted molar refractivity (Wildman–Crippen MR) is 97.0 cm³/mol. The SMILES string of the molecule is COc1cc(C=C(C#N)c2nc3ccccc3[nH]2)cc(I)c1O. The quantitative estimate of drug-likeness (QED) is 0.500. The van der Waals surface area contributed by atoms with Crippen molar-refractivity contribution >= 4 is 45.3 Å². The zero-order chi connectivity index (χ0) is 16.4. The maximum absolute atomic E-state index is 9.89. The number of halogens is 1. The Balaban J connectivity index is 2.09. The predicted octanol–water partition coefficient (Wildman–Crippen LogP) is 3.95. The van der Waals surface area contributed by atoms with Crippen LogP contribution in [-0.2, 0) is 0 Å². The van der Waals surface area contributed by atoms with Gasteiger partial charge in [-0.1, -0.05) is 12.1 Å². The lowest BCUT2D eigenvalue weighted by Crippen LogP contribution is -1.89. The van der Waals surface area contributed by atoms with Crippen LogP contribution < -0.4 is 4.74 Å².